The molecule has 4 rings (SSSR count). The Kier molecular flexibility index (Phi) is 4.41. The quantitative estimate of drug-likeness (QED) is 0.623. The van der Waals surface area contributed by atoms with Crippen LogP contribution in [-0.2, 0) is 19.5 Å². The zero-order valence-electron chi connectivity index (χ0n) is 15.1. The van der Waals surface area contributed by atoms with Crippen LogP contribution in [-0.4, -0.2) is 31.6 Å². The number of H-pyrrole nitrogens is 1. The second-order valence-electron chi connectivity index (χ2n) is 6.95. The second-order valence-corrected chi connectivity index (χ2v) is 6.95. The Morgan fingerprint density at radius 3 is 2.70 bits per heavy atom. The van der Waals surface area contributed by atoms with E-state index in [0.29, 0.717) is 37.4 Å². The number of aromatic amines is 1. The van der Waals surface area contributed by atoms with Crippen LogP contribution in [0.3, 0.4) is 0 Å². The molecule has 6 nitrogen and oxygen atoms in total. The predicted molar refractivity (Wildman–Crippen MR) is 103 cm³/mol. The fraction of sp³-hybridized carbons (Fsp3) is 0.238. The van der Waals surface area contributed by atoms with E-state index in [1.807, 2.05) is 31.2 Å². The molecule has 0 saturated heterocycles. The van der Waals surface area contributed by atoms with Crippen molar-refractivity contribution >= 4 is 0 Å². The second kappa shape index (κ2) is 6.89. The van der Waals surface area contributed by atoms with E-state index in [1.165, 1.54) is 6.07 Å². The van der Waals surface area contributed by atoms with E-state index in [-0.39, 0.29) is 17.1 Å². The minimum absolute atomic E-state index is 0.0876. The summed E-state index contributed by atoms with van der Waals surface area (Å²) >= 11 is 0. The molecule has 1 aliphatic heterocycles. The third-order valence-electron chi connectivity index (χ3n) is 4.97. The van der Waals surface area contributed by atoms with Crippen LogP contribution >= 0.6 is 0 Å². The number of aryl methyl sites for hydroxylation is 1. The Morgan fingerprint density at radius 1 is 1.15 bits per heavy atom. The molecule has 1 aliphatic rings. The highest BCUT2D eigenvalue weighted by Gasteiger charge is 2.22. The van der Waals surface area contributed by atoms with Crippen LogP contribution in [0.2, 0.25) is 0 Å². The average molecular weight is 363 g/mol. The standard InChI is InChI=1S/C21H21N3O3/c1-13-5-7-14(8-6-13)20-22-17-12-24(10-9-16(17)21(27)23-20)11-15-3-2-4-18(25)19(15)26/h2-8,25-26H,9-12H2,1H3,(H,22,23,27). The lowest BCUT2D eigenvalue weighted by Gasteiger charge is -2.28. The maximum absolute atomic E-state index is 12.5. The lowest BCUT2D eigenvalue weighted by molar-refractivity contribution is 0.236. The molecule has 1 aromatic heterocycles. The fourth-order valence-electron chi connectivity index (χ4n) is 3.42. The zero-order valence-corrected chi connectivity index (χ0v) is 15.1. The van der Waals surface area contributed by atoms with Gasteiger partial charge in [-0.15, -0.1) is 0 Å². The van der Waals surface area contributed by atoms with Gasteiger partial charge >= 0.3 is 0 Å². The summed E-state index contributed by atoms with van der Waals surface area (Å²) < 4.78 is 0. The van der Waals surface area contributed by atoms with E-state index in [9.17, 15) is 15.0 Å². The number of phenolic OH excluding ortho intramolecular Hbond substituents is 2. The van der Waals surface area contributed by atoms with Crippen molar-refractivity contribution in [2.24, 2.45) is 0 Å². The summed E-state index contributed by atoms with van der Waals surface area (Å²) in [6, 6.07) is 12.8. The minimum atomic E-state index is -0.124. The monoisotopic (exact) mass is 363 g/mol. The van der Waals surface area contributed by atoms with Crippen LogP contribution in [0.15, 0.2) is 47.3 Å². The number of para-hydroxylation sites is 1. The minimum Gasteiger partial charge on any atom is -0.504 e. The lowest BCUT2D eigenvalue weighted by atomic mass is 10.0. The highest BCUT2D eigenvalue weighted by atomic mass is 16.3. The number of nitrogens with one attached hydrogen (secondary N) is 1. The first-order valence-corrected chi connectivity index (χ1v) is 8.92. The summed E-state index contributed by atoms with van der Waals surface area (Å²) in [6.45, 7) is 3.71. The first kappa shape index (κ1) is 17.3. The lowest BCUT2D eigenvalue weighted by Crippen LogP contribution is -2.35. The van der Waals surface area contributed by atoms with E-state index >= 15 is 0 Å². The molecule has 0 aliphatic carbocycles. The van der Waals surface area contributed by atoms with Crippen LogP contribution in [0.5, 0.6) is 11.5 Å². The number of nitrogens with zero attached hydrogens (tertiary/aromatic N) is 2. The number of hydrogen-bond acceptors (Lipinski definition) is 5. The summed E-state index contributed by atoms with van der Waals surface area (Å²) in [5, 5.41) is 19.7. The molecule has 3 N–H and O–H groups in total. The molecule has 2 aromatic carbocycles. The highest BCUT2D eigenvalue weighted by Crippen LogP contribution is 2.30. The maximum atomic E-state index is 12.5. The van der Waals surface area contributed by atoms with Crippen LogP contribution in [0.1, 0.15) is 22.4 Å². The molecule has 0 radical (unpaired) electrons. The molecule has 2 heterocycles. The van der Waals surface area contributed by atoms with Crippen LogP contribution in [0.25, 0.3) is 11.4 Å². The maximum Gasteiger partial charge on any atom is 0.254 e. The first-order valence-electron chi connectivity index (χ1n) is 8.92. The molecule has 6 heteroatoms. The average Bonchev–Trinajstić information content (AvgIpc) is 2.66. The predicted octanol–water partition coefficient (Wildman–Crippen LogP) is 2.71. The number of hydrogen-bond donors (Lipinski definition) is 3. The number of aromatic hydroxyl groups is 2. The van der Waals surface area contributed by atoms with Gasteiger partial charge in [-0.3, -0.25) is 9.69 Å². The van der Waals surface area contributed by atoms with Crippen LogP contribution < -0.4 is 5.56 Å². The molecule has 3 aromatic rings. The van der Waals surface area contributed by atoms with Gasteiger partial charge in [-0.25, -0.2) is 4.98 Å². The number of aromatic nitrogens is 2. The van der Waals surface area contributed by atoms with Crippen LogP contribution in [0.4, 0.5) is 0 Å². The van der Waals surface area contributed by atoms with Gasteiger partial charge in [-0.1, -0.05) is 42.0 Å². The largest absolute Gasteiger partial charge is 0.504 e. The molecule has 27 heavy (non-hydrogen) atoms. The molecule has 0 amide bonds. The molecule has 0 saturated carbocycles. The van der Waals surface area contributed by atoms with Gasteiger partial charge in [0.15, 0.2) is 11.5 Å². The Labute approximate surface area is 156 Å². The number of benzene rings is 2. The Balaban J connectivity index is 1.62. The van der Waals surface area contributed by atoms with E-state index in [0.717, 1.165) is 22.4 Å². The molecule has 0 unspecified atom stereocenters. The van der Waals surface area contributed by atoms with E-state index in [1.54, 1.807) is 12.1 Å². The van der Waals surface area contributed by atoms with Crippen molar-refractivity contribution < 1.29 is 10.2 Å². The van der Waals surface area contributed by atoms with Gasteiger partial charge in [0, 0.05) is 36.3 Å². The van der Waals surface area contributed by atoms with E-state index in [2.05, 4.69) is 9.88 Å². The third kappa shape index (κ3) is 3.44. The molecule has 0 fully saturated rings. The third-order valence-corrected chi connectivity index (χ3v) is 4.97. The van der Waals surface area contributed by atoms with Crippen molar-refractivity contribution in [3.8, 4) is 22.9 Å². The summed E-state index contributed by atoms with van der Waals surface area (Å²) in [7, 11) is 0. The fourth-order valence-corrected chi connectivity index (χ4v) is 3.42. The van der Waals surface area contributed by atoms with Gasteiger partial charge in [-0.05, 0) is 19.4 Å². The summed E-state index contributed by atoms with van der Waals surface area (Å²) in [5.41, 5.74) is 4.08. The zero-order chi connectivity index (χ0) is 19.0. The van der Waals surface area contributed by atoms with Crippen molar-refractivity contribution in [2.45, 2.75) is 26.4 Å². The summed E-state index contributed by atoms with van der Waals surface area (Å²) in [5.74, 6) is 0.351. The van der Waals surface area contributed by atoms with Gasteiger partial charge in [0.1, 0.15) is 5.82 Å². The number of rotatable bonds is 3. The first-order chi connectivity index (χ1) is 13.0. The Morgan fingerprint density at radius 2 is 1.93 bits per heavy atom. The molecule has 138 valence electrons. The van der Waals surface area contributed by atoms with Crippen molar-refractivity contribution in [1.29, 1.82) is 0 Å². The Bertz CT molecular complexity index is 1040. The molecule has 0 spiro atoms. The van der Waals surface area contributed by atoms with Gasteiger partial charge < -0.3 is 15.2 Å². The van der Waals surface area contributed by atoms with E-state index < -0.39 is 0 Å². The molecule has 0 bridgehead atoms. The van der Waals surface area contributed by atoms with Crippen molar-refractivity contribution in [2.75, 3.05) is 6.54 Å². The number of fused-ring (bicyclic) bond motifs is 1. The normalized spacial score (nSPS) is 14.1. The smallest absolute Gasteiger partial charge is 0.254 e. The topological polar surface area (TPSA) is 89.5 Å². The highest BCUT2D eigenvalue weighted by molar-refractivity contribution is 5.55. The molecular weight excluding hydrogens is 342 g/mol. The van der Waals surface area contributed by atoms with E-state index in [4.69, 9.17) is 4.98 Å². The van der Waals surface area contributed by atoms with Gasteiger partial charge in [0.2, 0.25) is 0 Å². The Hall–Kier alpha value is -3.12. The summed E-state index contributed by atoms with van der Waals surface area (Å²) in [4.78, 5) is 22.2. The van der Waals surface area contributed by atoms with Gasteiger partial charge in [0.25, 0.3) is 5.56 Å². The van der Waals surface area contributed by atoms with Crippen LogP contribution in [0, 0.1) is 6.92 Å². The van der Waals surface area contributed by atoms with Crippen molar-refractivity contribution in [3.63, 3.8) is 0 Å². The van der Waals surface area contributed by atoms with Crippen molar-refractivity contribution in [1.82, 2.24) is 14.9 Å². The molecular formula is C21H21N3O3. The van der Waals surface area contributed by atoms with Crippen molar-refractivity contribution in [3.05, 3.63) is 75.2 Å². The van der Waals surface area contributed by atoms with Gasteiger partial charge in [0.05, 0.1) is 5.69 Å². The molecule has 0 atom stereocenters. The SMILES string of the molecule is Cc1ccc(-c2nc3c(c(=O)[nH]2)CCN(Cc2cccc(O)c2O)C3)cc1. The number of phenols is 2. The summed E-state index contributed by atoms with van der Waals surface area (Å²) in [6.07, 6.45) is 0.603. The van der Waals surface area contributed by atoms with Gasteiger partial charge in [-0.2, -0.15) is 0 Å².